The Hall–Kier alpha value is -3.77. The zero-order chi connectivity index (χ0) is 30.7. The number of thiophene rings is 1. The fraction of sp³-hybridized carbons (Fsp3) is 0.400. The maximum atomic E-state index is 13.7. The van der Waals surface area contributed by atoms with Crippen molar-refractivity contribution in [2.75, 3.05) is 52.9 Å². The smallest absolute Gasteiger partial charge is 0.416 e. The molecule has 42 heavy (non-hydrogen) atoms. The summed E-state index contributed by atoms with van der Waals surface area (Å²) in [6.45, 7) is 2.97. The van der Waals surface area contributed by atoms with E-state index in [0.717, 1.165) is 27.5 Å². The van der Waals surface area contributed by atoms with Gasteiger partial charge in [0.25, 0.3) is 0 Å². The lowest BCUT2D eigenvalue weighted by Crippen LogP contribution is -2.45. The summed E-state index contributed by atoms with van der Waals surface area (Å²) in [6.07, 6.45) is -3.59. The van der Waals surface area contributed by atoms with Gasteiger partial charge in [0.1, 0.15) is 6.54 Å². The molecular weight excluding hydrogens is 571 g/mol. The molecule has 3 amide bonds. The molecule has 12 heteroatoms. The number of rotatable bonds is 14. The van der Waals surface area contributed by atoms with Crippen molar-refractivity contribution in [2.24, 2.45) is 0 Å². The zero-order valence-corrected chi connectivity index (χ0v) is 24.9. The third-order valence-electron chi connectivity index (χ3n) is 6.44. The first-order valence-corrected chi connectivity index (χ1v) is 14.1. The molecule has 0 bridgehead atoms. The number of aryl methyl sites for hydroxylation is 1. The summed E-state index contributed by atoms with van der Waals surface area (Å²) in [5.74, 6) is 0.886. The van der Waals surface area contributed by atoms with E-state index in [9.17, 15) is 22.8 Å². The number of anilines is 1. The van der Waals surface area contributed by atoms with E-state index in [0.29, 0.717) is 44.0 Å². The number of amides is 3. The molecule has 0 aliphatic carbocycles. The fourth-order valence-corrected chi connectivity index (χ4v) is 5.15. The molecule has 1 N–H and O–H groups in total. The number of hydrogen-bond donors (Lipinski definition) is 1. The predicted molar refractivity (Wildman–Crippen MR) is 156 cm³/mol. The number of carbonyl (C=O) groups is 2. The number of hydrogen-bond acceptors (Lipinski definition) is 6. The molecular formula is C30H36F3N3O5S. The summed E-state index contributed by atoms with van der Waals surface area (Å²) >= 11 is 1.58. The van der Waals surface area contributed by atoms with Gasteiger partial charge in [-0.15, -0.1) is 11.3 Å². The average molecular weight is 608 g/mol. The number of methoxy groups -OCH3 is 3. The number of nitrogens with one attached hydrogen (secondary N) is 1. The standard InChI is InChI=1S/C30H36F3N3O5S/c1-21-9-11-25(42-21)19-35(15-13-22-10-12-26(40-3)27(17-22)41-4)28(37)20-36(14-6-16-39-2)29(38)34-24-8-5-7-23(18-24)30(31,32)33/h5,7-12,17-18H,6,13-16,19-20H2,1-4H3,(H,34,38). The molecule has 0 unspecified atom stereocenters. The van der Waals surface area contributed by atoms with Crippen LogP contribution in [0.15, 0.2) is 54.6 Å². The van der Waals surface area contributed by atoms with Crippen LogP contribution < -0.4 is 14.8 Å². The Morgan fingerprint density at radius 3 is 2.33 bits per heavy atom. The van der Waals surface area contributed by atoms with Gasteiger partial charge in [-0.3, -0.25) is 4.79 Å². The summed E-state index contributed by atoms with van der Waals surface area (Å²) in [4.78, 5) is 31.9. The van der Waals surface area contributed by atoms with Crippen molar-refractivity contribution in [3.05, 3.63) is 75.5 Å². The molecule has 228 valence electrons. The molecule has 8 nitrogen and oxygen atoms in total. The van der Waals surface area contributed by atoms with Gasteiger partial charge < -0.3 is 29.3 Å². The first-order valence-electron chi connectivity index (χ1n) is 13.3. The number of nitrogens with zero attached hydrogens (tertiary/aromatic N) is 2. The largest absolute Gasteiger partial charge is 0.493 e. The van der Waals surface area contributed by atoms with Crippen molar-refractivity contribution in [1.29, 1.82) is 0 Å². The molecule has 1 heterocycles. The van der Waals surface area contributed by atoms with E-state index < -0.39 is 17.8 Å². The Kier molecular flexibility index (Phi) is 12.0. The Morgan fingerprint density at radius 1 is 0.929 bits per heavy atom. The minimum atomic E-state index is -4.55. The van der Waals surface area contributed by atoms with Gasteiger partial charge in [0.15, 0.2) is 11.5 Å². The molecule has 0 radical (unpaired) electrons. The molecule has 0 saturated heterocycles. The maximum Gasteiger partial charge on any atom is 0.416 e. The van der Waals surface area contributed by atoms with E-state index in [1.807, 2.05) is 31.2 Å². The normalized spacial score (nSPS) is 11.2. The lowest BCUT2D eigenvalue weighted by Gasteiger charge is -2.28. The minimum absolute atomic E-state index is 0.0154. The highest BCUT2D eigenvalue weighted by Crippen LogP contribution is 2.31. The molecule has 3 aromatic rings. The lowest BCUT2D eigenvalue weighted by molar-refractivity contribution is -0.137. The van der Waals surface area contributed by atoms with Crippen LogP contribution in [-0.2, 0) is 28.7 Å². The Balaban J connectivity index is 1.78. The summed E-state index contributed by atoms with van der Waals surface area (Å²) in [7, 11) is 4.64. The molecule has 0 saturated carbocycles. The molecule has 0 fully saturated rings. The molecule has 0 aliphatic heterocycles. The van der Waals surface area contributed by atoms with Crippen LogP contribution >= 0.6 is 11.3 Å². The quantitative estimate of drug-likeness (QED) is 0.220. The molecule has 1 aromatic heterocycles. The van der Waals surface area contributed by atoms with Crippen LogP contribution in [0.3, 0.4) is 0 Å². The molecule has 3 rings (SSSR count). The van der Waals surface area contributed by atoms with E-state index in [4.69, 9.17) is 14.2 Å². The number of halogens is 3. The van der Waals surface area contributed by atoms with E-state index in [1.165, 1.54) is 24.1 Å². The first kappa shape index (κ1) is 32.7. The number of alkyl halides is 3. The van der Waals surface area contributed by atoms with E-state index >= 15 is 0 Å². The summed E-state index contributed by atoms with van der Waals surface area (Å²) in [6, 6.07) is 13.2. The minimum Gasteiger partial charge on any atom is -0.493 e. The number of urea groups is 1. The number of benzene rings is 2. The molecule has 2 aromatic carbocycles. The summed E-state index contributed by atoms with van der Waals surface area (Å²) in [5.41, 5.74) is 0.0420. The van der Waals surface area contributed by atoms with Gasteiger partial charge in [-0.05, 0) is 67.8 Å². The van der Waals surface area contributed by atoms with Crippen molar-refractivity contribution in [3.63, 3.8) is 0 Å². The fourth-order valence-electron chi connectivity index (χ4n) is 4.24. The third-order valence-corrected chi connectivity index (χ3v) is 7.43. The molecule has 0 aliphatic rings. The maximum absolute atomic E-state index is 13.7. The topological polar surface area (TPSA) is 80.3 Å². The zero-order valence-electron chi connectivity index (χ0n) is 24.1. The van der Waals surface area contributed by atoms with Gasteiger partial charge in [0.2, 0.25) is 5.91 Å². The van der Waals surface area contributed by atoms with Crippen molar-refractivity contribution >= 4 is 29.0 Å². The highest BCUT2D eigenvalue weighted by molar-refractivity contribution is 7.11. The van der Waals surface area contributed by atoms with Crippen LogP contribution in [0.25, 0.3) is 0 Å². The second kappa shape index (κ2) is 15.5. The van der Waals surface area contributed by atoms with E-state index in [1.54, 1.807) is 36.5 Å². The van der Waals surface area contributed by atoms with Crippen molar-refractivity contribution < 1.29 is 37.0 Å². The first-order chi connectivity index (χ1) is 20.0. The van der Waals surface area contributed by atoms with E-state index in [2.05, 4.69) is 5.32 Å². The Bertz CT molecular complexity index is 1330. The van der Waals surface area contributed by atoms with Gasteiger partial charge in [0, 0.05) is 42.2 Å². The monoisotopic (exact) mass is 607 g/mol. The van der Waals surface area contributed by atoms with E-state index in [-0.39, 0.29) is 24.7 Å². The number of carbonyl (C=O) groups excluding carboxylic acids is 2. The van der Waals surface area contributed by atoms with Crippen LogP contribution in [0.4, 0.5) is 23.7 Å². The Morgan fingerprint density at radius 2 is 1.69 bits per heavy atom. The van der Waals surface area contributed by atoms with Crippen LogP contribution in [-0.4, -0.2) is 69.3 Å². The lowest BCUT2D eigenvalue weighted by atomic mass is 10.1. The highest BCUT2D eigenvalue weighted by atomic mass is 32.1. The van der Waals surface area contributed by atoms with Gasteiger partial charge >= 0.3 is 12.2 Å². The second-order valence-corrected chi connectivity index (χ2v) is 10.9. The average Bonchev–Trinajstić information content (AvgIpc) is 3.38. The predicted octanol–water partition coefficient (Wildman–Crippen LogP) is 6.23. The SMILES string of the molecule is COCCCN(CC(=O)N(CCc1ccc(OC)c(OC)c1)Cc1ccc(C)s1)C(=O)Nc1cccc(C(F)(F)F)c1. The van der Waals surface area contributed by atoms with Crippen LogP contribution in [0.1, 0.15) is 27.3 Å². The second-order valence-electron chi connectivity index (χ2n) is 9.54. The van der Waals surface area contributed by atoms with Crippen LogP contribution in [0.5, 0.6) is 11.5 Å². The highest BCUT2D eigenvalue weighted by Gasteiger charge is 2.31. The van der Waals surface area contributed by atoms with Crippen molar-refractivity contribution in [2.45, 2.75) is 32.5 Å². The summed E-state index contributed by atoms with van der Waals surface area (Å²) < 4.78 is 55.4. The molecule has 0 spiro atoms. The van der Waals surface area contributed by atoms with Crippen molar-refractivity contribution in [3.8, 4) is 11.5 Å². The van der Waals surface area contributed by atoms with Crippen molar-refractivity contribution in [1.82, 2.24) is 9.80 Å². The van der Waals surface area contributed by atoms with Gasteiger partial charge in [-0.2, -0.15) is 13.2 Å². The number of ether oxygens (including phenoxy) is 3. The Labute approximate surface area is 248 Å². The summed E-state index contributed by atoms with van der Waals surface area (Å²) in [5, 5.41) is 2.51. The third kappa shape index (κ3) is 9.66. The molecule has 0 atom stereocenters. The van der Waals surface area contributed by atoms with Crippen LogP contribution in [0, 0.1) is 6.92 Å². The van der Waals surface area contributed by atoms with Gasteiger partial charge in [-0.1, -0.05) is 12.1 Å². The van der Waals surface area contributed by atoms with Gasteiger partial charge in [0.05, 0.1) is 26.3 Å². The van der Waals surface area contributed by atoms with Gasteiger partial charge in [-0.25, -0.2) is 4.79 Å². The van der Waals surface area contributed by atoms with Crippen LogP contribution in [0.2, 0.25) is 0 Å².